The third-order valence-electron chi connectivity index (χ3n) is 2.91. The van der Waals surface area contributed by atoms with Crippen molar-refractivity contribution in [2.45, 2.75) is 20.8 Å². The van der Waals surface area contributed by atoms with Crippen molar-refractivity contribution >= 4 is 11.7 Å². The van der Waals surface area contributed by atoms with Crippen LogP contribution in [0, 0.1) is 24.2 Å². The van der Waals surface area contributed by atoms with Gasteiger partial charge < -0.3 is 10.0 Å². The van der Waals surface area contributed by atoms with Crippen LogP contribution in [0.25, 0.3) is 0 Å². The summed E-state index contributed by atoms with van der Waals surface area (Å²) in [4.78, 5) is 12.8. The van der Waals surface area contributed by atoms with E-state index < -0.39 is 11.9 Å². The zero-order chi connectivity index (χ0) is 13.7. The molecule has 0 saturated carbocycles. The number of carboxylic acids is 1. The summed E-state index contributed by atoms with van der Waals surface area (Å²) in [5, 5.41) is 18.1. The average Bonchev–Trinajstić information content (AvgIpc) is 2.35. The first-order valence-corrected chi connectivity index (χ1v) is 5.98. The van der Waals surface area contributed by atoms with Crippen molar-refractivity contribution in [2.24, 2.45) is 5.92 Å². The van der Waals surface area contributed by atoms with E-state index in [4.69, 9.17) is 10.4 Å². The van der Waals surface area contributed by atoms with Gasteiger partial charge in [-0.15, -0.1) is 0 Å². The van der Waals surface area contributed by atoms with E-state index in [1.165, 1.54) is 0 Å². The highest BCUT2D eigenvalue weighted by molar-refractivity contribution is 5.71. The molecule has 1 unspecified atom stereocenters. The fraction of sp³-hybridized carbons (Fsp3) is 0.429. The van der Waals surface area contributed by atoms with Gasteiger partial charge >= 0.3 is 5.97 Å². The fourth-order valence-electron chi connectivity index (χ4n) is 1.82. The minimum Gasteiger partial charge on any atom is -0.481 e. The molecule has 4 heteroatoms. The fourth-order valence-corrected chi connectivity index (χ4v) is 1.82. The molecule has 0 aliphatic heterocycles. The highest BCUT2D eigenvalue weighted by atomic mass is 16.4. The van der Waals surface area contributed by atoms with Crippen LogP contribution in [-0.4, -0.2) is 24.2 Å². The maximum absolute atomic E-state index is 10.9. The standard InChI is InChI=1S/C14H18N2O2/c1-4-16(9-11(3)14(17)18)13-6-5-10(2)7-12(13)8-15/h5-7,11H,4,9H2,1-3H3,(H,17,18). The first-order valence-electron chi connectivity index (χ1n) is 5.98. The number of benzene rings is 1. The molecule has 96 valence electrons. The van der Waals surface area contributed by atoms with Gasteiger partial charge in [0.1, 0.15) is 6.07 Å². The van der Waals surface area contributed by atoms with Gasteiger partial charge in [0.25, 0.3) is 0 Å². The summed E-state index contributed by atoms with van der Waals surface area (Å²) in [7, 11) is 0. The number of rotatable bonds is 5. The predicted octanol–water partition coefficient (Wildman–Crippen LogP) is 2.41. The number of anilines is 1. The Labute approximate surface area is 107 Å². The quantitative estimate of drug-likeness (QED) is 0.866. The van der Waals surface area contributed by atoms with Gasteiger partial charge in [0.05, 0.1) is 17.2 Å². The van der Waals surface area contributed by atoms with E-state index >= 15 is 0 Å². The van der Waals surface area contributed by atoms with Gasteiger partial charge in [0.15, 0.2) is 0 Å². The highest BCUT2D eigenvalue weighted by Crippen LogP contribution is 2.22. The van der Waals surface area contributed by atoms with Gasteiger partial charge in [-0.1, -0.05) is 13.0 Å². The second kappa shape index (κ2) is 6.06. The first-order chi connectivity index (χ1) is 8.49. The summed E-state index contributed by atoms with van der Waals surface area (Å²) in [5.74, 6) is -1.28. The first kappa shape index (κ1) is 14.0. The number of hydrogen-bond acceptors (Lipinski definition) is 3. The molecule has 1 N–H and O–H groups in total. The van der Waals surface area contributed by atoms with Crippen molar-refractivity contribution in [3.8, 4) is 6.07 Å². The maximum Gasteiger partial charge on any atom is 0.308 e. The largest absolute Gasteiger partial charge is 0.481 e. The zero-order valence-electron chi connectivity index (χ0n) is 11.0. The number of nitrogens with zero attached hydrogens (tertiary/aromatic N) is 2. The van der Waals surface area contributed by atoms with Crippen LogP contribution in [0.15, 0.2) is 18.2 Å². The third-order valence-corrected chi connectivity index (χ3v) is 2.91. The molecule has 0 fully saturated rings. The molecule has 0 bridgehead atoms. The maximum atomic E-state index is 10.9. The lowest BCUT2D eigenvalue weighted by Crippen LogP contribution is -2.32. The SMILES string of the molecule is CCN(CC(C)C(=O)O)c1ccc(C)cc1C#N. The number of carbonyl (C=O) groups is 1. The molecule has 4 nitrogen and oxygen atoms in total. The van der Waals surface area contributed by atoms with Crippen LogP contribution >= 0.6 is 0 Å². The lowest BCUT2D eigenvalue weighted by atomic mass is 10.1. The van der Waals surface area contributed by atoms with E-state index in [0.29, 0.717) is 18.7 Å². The van der Waals surface area contributed by atoms with Crippen molar-refractivity contribution < 1.29 is 9.90 Å². The predicted molar refractivity (Wildman–Crippen MR) is 70.6 cm³/mol. The van der Waals surface area contributed by atoms with E-state index in [0.717, 1.165) is 11.3 Å². The molecule has 1 atom stereocenters. The second-order valence-corrected chi connectivity index (χ2v) is 4.41. The average molecular weight is 246 g/mol. The van der Waals surface area contributed by atoms with Crippen LogP contribution in [-0.2, 0) is 4.79 Å². The summed E-state index contributed by atoms with van der Waals surface area (Å²) in [6, 6.07) is 7.80. The third kappa shape index (κ3) is 3.24. The normalized spacial score (nSPS) is 11.7. The molecule has 1 aromatic rings. The van der Waals surface area contributed by atoms with E-state index in [2.05, 4.69) is 6.07 Å². The van der Waals surface area contributed by atoms with Crippen LogP contribution in [0.4, 0.5) is 5.69 Å². The van der Waals surface area contributed by atoms with E-state index in [-0.39, 0.29) is 0 Å². The number of hydrogen-bond donors (Lipinski definition) is 1. The van der Waals surface area contributed by atoms with Crippen LogP contribution < -0.4 is 4.90 Å². The molecule has 0 aliphatic rings. The molecule has 18 heavy (non-hydrogen) atoms. The molecule has 0 spiro atoms. The Bertz CT molecular complexity index is 477. The Hall–Kier alpha value is -2.02. The van der Waals surface area contributed by atoms with Crippen LogP contribution in [0.2, 0.25) is 0 Å². The number of nitriles is 1. The summed E-state index contributed by atoms with van der Waals surface area (Å²) in [6.45, 7) is 6.64. The number of carboxylic acid groups (broad SMARTS) is 1. The molecule has 0 radical (unpaired) electrons. The molecule has 0 amide bonds. The summed E-state index contributed by atoms with van der Waals surface area (Å²) < 4.78 is 0. The molecule has 0 aromatic heterocycles. The highest BCUT2D eigenvalue weighted by Gasteiger charge is 2.17. The van der Waals surface area contributed by atoms with Gasteiger partial charge in [0.2, 0.25) is 0 Å². The van der Waals surface area contributed by atoms with E-state index in [1.54, 1.807) is 6.92 Å². The van der Waals surface area contributed by atoms with Crippen LogP contribution in [0.1, 0.15) is 25.0 Å². The zero-order valence-corrected chi connectivity index (χ0v) is 11.0. The summed E-state index contributed by atoms with van der Waals surface area (Å²) in [6.07, 6.45) is 0. The molecule has 0 heterocycles. The van der Waals surface area contributed by atoms with Crippen molar-refractivity contribution in [2.75, 3.05) is 18.0 Å². The number of aryl methyl sites for hydroxylation is 1. The smallest absolute Gasteiger partial charge is 0.308 e. The molecule has 0 saturated heterocycles. The Balaban J connectivity index is 3.02. The van der Waals surface area contributed by atoms with Gasteiger partial charge in [-0.05, 0) is 31.5 Å². The Kier molecular flexibility index (Phi) is 4.73. The molecular weight excluding hydrogens is 228 g/mol. The molecule has 1 rings (SSSR count). The molecule has 1 aromatic carbocycles. The topological polar surface area (TPSA) is 64.3 Å². The second-order valence-electron chi connectivity index (χ2n) is 4.41. The minimum absolute atomic E-state index is 0.406. The molecular formula is C14H18N2O2. The van der Waals surface area contributed by atoms with E-state index in [1.807, 2.05) is 36.9 Å². The number of aliphatic carboxylic acids is 1. The molecule has 0 aliphatic carbocycles. The summed E-state index contributed by atoms with van der Waals surface area (Å²) in [5.41, 5.74) is 2.42. The lowest BCUT2D eigenvalue weighted by Gasteiger charge is -2.26. The monoisotopic (exact) mass is 246 g/mol. The Morgan fingerprint density at radius 1 is 1.56 bits per heavy atom. The lowest BCUT2D eigenvalue weighted by molar-refractivity contribution is -0.140. The van der Waals surface area contributed by atoms with Gasteiger partial charge in [-0.3, -0.25) is 4.79 Å². The van der Waals surface area contributed by atoms with Crippen molar-refractivity contribution in [1.82, 2.24) is 0 Å². The Morgan fingerprint density at radius 2 is 2.22 bits per heavy atom. The van der Waals surface area contributed by atoms with Crippen molar-refractivity contribution in [3.05, 3.63) is 29.3 Å². The van der Waals surface area contributed by atoms with Crippen LogP contribution in [0.3, 0.4) is 0 Å². The van der Waals surface area contributed by atoms with Gasteiger partial charge in [-0.2, -0.15) is 5.26 Å². The Morgan fingerprint density at radius 3 is 2.72 bits per heavy atom. The summed E-state index contributed by atoms with van der Waals surface area (Å²) >= 11 is 0. The van der Waals surface area contributed by atoms with E-state index in [9.17, 15) is 4.79 Å². The van der Waals surface area contributed by atoms with Gasteiger partial charge in [-0.25, -0.2) is 0 Å². The van der Waals surface area contributed by atoms with Crippen molar-refractivity contribution in [1.29, 1.82) is 5.26 Å². The minimum atomic E-state index is -0.820. The van der Waals surface area contributed by atoms with Crippen molar-refractivity contribution in [3.63, 3.8) is 0 Å². The van der Waals surface area contributed by atoms with Gasteiger partial charge in [0, 0.05) is 13.1 Å². The van der Waals surface area contributed by atoms with Crippen LogP contribution in [0.5, 0.6) is 0 Å².